The van der Waals surface area contributed by atoms with E-state index < -0.39 is 19.0 Å². The zero-order chi connectivity index (χ0) is 23.1. The summed E-state index contributed by atoms with van der Waals surface area (Å²) in [6.45, 7) is 4.60. The normalized spacial score (nSPS) is 23.7. The predicted octanol–water partition coefficient (Wildman–Crippen LogP) is 0.300. The van der Waals surface area contributed by atoms with Gasteiger partial charge in [0.25, 0.3) is 0 Å². The Morgan fingerprint density at radius 1 is 1.25 bits per heavy atom. The van der Waals surface area contributed by atoms with Crippen LogP contribution in [0.15, 0.2) is 18.2 Å². The van der Waals surface area contributed by atoms with E-state index in [1.165, 1.54) is 6.07 Å². The highest BCUT2D eigenvalue weighted by Crippen LogP contribution is 2.31. The smallest absolute Gasteiger partial charge is 0.534 e. The molecule has 9 nitrogen and oxygen atoms in total. The molecule has 0 unspecified atom stereocenters. The summed E-state index contributed by atoms with van der Waals surface area (Å²) in [5.41, 5.74) is 6.40. The molecule has 1 amide bonds. The van der Waals surface area contributed by atoms with Crippen molar-refractivity contribution in [1.29, 1.82) is 0 Å². The number of fused-ring (bicyclic) bond motifs is 1. The van der Waals surface area contributed by atoms with Crippen LogP contribution in [0.1, 0.15) is 54.9 Å². The van der Waals surface area contributed by atoms with Crippen molar-refractivity contribution in [2.75, 3.05) is 19.6 Å². The summed E-state index contributed by atoms with van der Waals surface area (Å²) in [7, 11) is -1.28. The van der Waals surface area contributed by atoms with Gasteiger partial charge >= 0.3 is 13.1 Å². The molecule has 0 bridgehead atoms. The van der Waals surface area contributed by atoms with Gasteiger partial charge in [0.05, 0.1) is 11.5 Å². The Balaban J connectivity index is 1.39. The van der Waals surface area contributed by atoms with Crippen LogP contribution in [0.5, 0.6) is 5.75 Å². The topological polar surface area (TPSA) is 146 Å². The fourth-order valence-corrected chi connectivity index (χ4v) is 4.51. The molecule has 32 heavy (non-hydrogen) atoms. The highest BCUT2D eigenvalue weighted by Gasteiger charge is 2.38. The molecule has 0 saturated heterocycles. The number of hydrogen-bond acceptors (Lipinski definition) is 7. The van der Waals surface area contributed by atoms with E-state index in [4.69, 9.17) is 10.4 Å². The number of hydrogen-bond donors (Lipinski definition) is 6. The van der Waals surface area contributed by atoms with Gasteiger partial charge in [0.1, 0.15) is 5.75 Å². The number of benzene rings is 1. The number of carbonyl (C=O) groups excluding carboxylic acids is 1. The summed E-state index contributed by atoms with van der Waals surface area (Å²) in [6, 6.07) is 5.49. The van der Waals surface area contributed by atoms with E-state index in [1.54, 1.807) is 12.1 Å². The van der Waals surface area contributed by atoms with Gasteiger partial charge in [-0.25, -0.2) is 4.79 Å². The Morgan fingerprint density at radius 2 is 2.00 bits per heavy atom. The maximum absolute atomic E-state index is 12.6. The van der Waals surface area contributed by atoms with Gasteiger partial charge in [0.15, 0.2) is 0 Å². The van der Waals surface area contributed by atoms with Gasteiger partial charge in [-0.1, -0.05) is 12.1 Å². The number of rotatable bonds is 10. The van der Waals surface area contributed by atoms with Gasteiger partial charge in [0.2, 0.25) is 5.91 Å². The van der Waals surface area contributed by atoms with Crippen LogP contribution in [0.4, 0.5) is 0 Å². The first kappa shape index (κ1) is 24.5. The van der Waals surface area contributed by atoms with Crippen LogP contribution in [0, 0.1) is 5.92 Å². The van der Waals surface area contributed by atoms with Crippen LogP contribution in [0.3, 0.4) is 0 Å². The van der Waals surface area contributed by atoms with Crippen LogP contribution in [-0.4, -0.2) is 66.8 Å². The summed E-state index contributed by atoms with van der Waals surface area (Å²) < 4.78 is 5.45. The minimum Gasteiger partial charge on any atom is -0.534 e. The molecule has 0 spiro atoms. The molecule has 1 fully saturated rings. The van der Waals surface area contributed by atoms with E-state index in [9.17, 15) is 19.7 Å². The molecule has 0 aromatic heterocycles. The third kappa shape index (κ3) is 6.93. The first-order chi connectivity index (χ1) is 15.3. The quantitative estimate of drug-likeness (QED) is 0.222. The van der Waals surface area contributed by atoms with Crippen LogP contribution in [0.2, 0.25) is 0 Å². The van der Waals surface area contributed by atoms with Crippen LogP contribution < -0.4 is 26.3 Å². The molecule has 7 N–H and O–H groups in total. The monoisotopic (exact) mass is 446 g/mol. The molecule has 2 aliphatic rings. The molecule has 0 radical (unpaired) electrons. The third-order valence-corrected chi connectivity index (χ3v) is 6.22. The number of carboxylic acids is 1. The fraction of sp³-hybridized carbons (Fsp3) is 0.636. The molecular formula is C22H35BN4O5. The highest BCUT2D eigenvalue weighted by atomic mass is 16.5. The lowest BCUT2D eigenvalue weighted by atomic mass is 9.72. The first-order valence-corrected chi connectivity index (χ1v) is 11.5. The van der Waals surface area contributed by atoms with Crippen molar-refractivity contribution in [3.05, 3.63) is 29.3 Å². The fourth-order valence-electron chi connectivity index (χ4n) is 4.51. The molecule has 2 atom stereocenters. The number of amides is 1. The highest BCUT2D eigenvalue weighted by molar-refractivity contribution is 6.47. The second-order valence-electron chi connectivity index (χ2n) is 9.04. The van der Waals surface area contributed by atoms with Crippen molar-refractivity contribution in [2.24, 2.45) is 11.7 Å². The predicted molar refractivity (Wildman–Crippen MR) is 123 cm³/mol. The summed E-state index contributed by atoms with van der Waals surface area (Å²) >= 11 is 0. The van der Waals surface area contributed by atoms with E-state index in [-0.39, 0.29) is 23.3 Å². The Kier molecular flexibility index (Phi) is 8.92. The Bertz CT molecular complexity index is 786. The Hall–Kier alpha value is -2.14. The van der Waals surface area contributed by atoms with E-state index in [1.807, 2.05) is 6.92 Å². The second kappa shape index (κ2) is 11.6. The lowest BCUT2D eigenvalue weighted by molar-refractivity contribution is -0.122. The molecule has 3 rings (SSSR count). The van der Waals surface area contributed by atoms with E-state index in [2.05, 4.69) is 16.0 Å². The maximum Gasteiger partial charge on any atom is 0.547 e. The van der Waals surface area contributed by atoms with Crippen molar-refractivity contribution >= 4 is 19.0 Å². The molecule has 1 aromatic rings. The average molecular weight is 446 g/mol. The largest absolute Gasteiger partial charge is 0.547 e. The van der Waals surface area contributed by atoms with Crippen molar-refractivity contribution in [2.45, 2.75) is 63.5 Å². The Labute approximate surface area is 189 Å². The van der Waals surface area contributed by atoms with Gasteiger partial charge in [-0.2, -0.15) is 0 Å². The van der Waals surface area contributed by atoms with Gasteiger partial charge in [-0.05, 0) is 56.6 Å². The molecule has 1 aliphatic carbocycles. The number of aromatic carboxylic acids is 1. The lowest BCUT2D eigenvalue weighted by Crippen LogP contribution is -2.53. The van der Waals surface area contributed by atoms with Crippen molar-refractivity contribution in [3.63, 3.8) is 0 Å². The molecule has 1 aromatic carbocycles. The van der Waals surface area contributed by atoms with Crippen molar-refractivity contribution in [1.82, 2.24) is 16.0 Å². The number of para-hydroxylation sites is 1. The van der Waals surface area contributed by atoms with E-state index in [0.717, 1.165) is 45.3 Å². The molecule has 176 valence electrons. The zero-order valence-electron chi connectivity index (χ0n) is 18.7. The van der Waals surface area contributed by atoms with Crippen LogP contribution >= 0.6 is 0 Å². The number of carboxylic acid groups (broad SMARTS) is 1. The van der Waals surface area contributed by atoms with Crippen LogP contribution in [0.25, 0.3) is 0 Å². The van der Waals surface area contributed by atoms with Gasteiger partial charge < -0.3 is 36.5 Å². The summed E-state index contributed by atoms with van der Waals surface area (Å²) in [5.74, 6) is -1.30. The van der Waals surface area contributed by atoms with E-state index >= 15 is 0 Å². The minimum atomic E-state index is -1.28. The lowest BCUT2D eigenvalue weighted by Gasteiger charge is -2.31. The third-order valence-electron chi connectivity index (χ3n) is 6.22. The minimum absolute atomic E-state index is 0.0152. The first-order valence-electron chi connectivity index (χ1n) is 11.5. The zero-order valence-corrected chi connectivity index (χ0v) is 18.7. The molecule has 1 aliphatic heterocycles. The summed E-state index contributed by atoms with van der Waals surface area (Å²) in [5, 5.41) is 29.4. The van der Waals surface area contributed by atoms with Gasteiger partial charge in [-0.15, -0.1) is 0 Å². The number of nitrogens with one attached hydrogen (secondary N) is 3. The van der Waals surface area contributed by atoms with Gasteiger partial charge in [-0.3, -0.25) is 4.79 Å². The van der Waals surface area contributed by atoms with E-state index in [0.29, 0.717) is 30.4 Å². The molecule has 10 heteroatoms. The average Bonchev–Trinajstić information content (AvgIpc) is 2.74. The standard InChI is InChI=1S/C22H35BN4O5/c1-14(24)13-25-9-10-26-17-7-5-15(6-8-17)11-20(28)27-19-12-16-3-2-4-18(22(29)30)21(16)32-23(19)31/h2-4,14-15,17,19,25-26,31H,5-13,24H2,1H3,(H,27,28)(H,29,30)/t14-,15-,17-,19-/m0/s1. The SMILES string of the molecule is C[C@H](N)CNCCN[C@H]1CC[C@H](CC(=O)N[C@H]2Cc3cccc(C(=O)O)c3OB2O)CC1. The molecular weight excluding hydrogens is 411 g/mol. The maximum atomic E-state index is 12.6. The summed E-state index contributed by atoms with van der Waals surface area (Å²) in [6.07, 6.45) is 4.84. The number of nitrogens with two attached hydrogens (primary N) is 1. The Morgan fingerprint density at radius 3 is 2.69 bits per heavy atom. The molecule has 1 heterocycles. The molecule has 1 saturated carbocycles. The second-order valence-corrected chi connectivity index (χ2v) is 9.04. The van der Waals surface area contributed by atoms with Crippen LogP contribution in [-0.2, 0) is 11.2 Å². The number of carbonyl (C=O) groups is 2. The van der Waals surface area contributed by atoms with Gasteiger partial charge in [0, 0.05) is 38.1 Å². The summed E-state index contributed by atoms with van der Waals surface area (Å²) in [4.78, 5) is 23.9. The van der Waals surface area contributed by atoms with Crippen molar-refractivity contribution < 1.29 is 24.4 Å². The van der Waals surface area contributed by atoms with Crippen molar-refractivity contribution in [3.8, 4) is 5.75 Å².